The zero-order valence-corrected chi connectivity index (χ0v) is 16.1. The Hall–Kier alpha value is -1.64. The third-order valence-corrected chi connectivity index (χ3v) is 5.98. The van der Waals surface area contributed by atoms with Crippen molar-refractivity contribution in [3.63, 3.8) is 0 Å². The van der Waals surface area contributed by atoms with Gasteiger partial charge in [0.25, 0.3) is 0 Å². The van der Waals surface area contributed by atoms with E-state index in [1.54, 1.807) is 12.1 Å². The quantitative estimate of drug-likeness (QED) is 0.385. The summed E-state index contributed by atoms with van der Waals surface area (Å²) in [7, 11) is 0.305. The molecule has 0 saturated carbocycles. The summed E-state index contributed by atoms with van der Waals surface area (Å²) in [5.41, 5.74) is 0.982. The molecule has 1 N–H and O–H groups in total. The van der Waals surface area contributed by atoms with Crippen LogP contribution >= 0.6 is 11.9 Å². The molecule has 0 heterocycles. The summed E-state index contributed by atoms with van der Waals surface area (Å²) >= 11 is 1.00. The van der Waals surface area contributed by atoms with Crippen LogP contribution in [0.2, 0.25) is 0 Å². The fourth-order valence-electron chi connectivity index (χ4n) is 2.68. The zero-order valence-electron chi connectivity index (χ0n) is 14.4. The Kier molecular flexibility index (Phi) is 7.22. The summed E-state index contributed by atoms with van der Waals surface area (Å²) < 4.78 is 30.8. The molecule has 0 bridgehead atoms. The second-order valence-corrected chi connectivity index (χ2v) is 8.44. The molecule has 2 rings (SSSR count). The number of anilines is 1. The van der Waals surface area contributed by atoms with Gasteiger partial charge in [-0.3, -0.25) is 0 Å². The van der Waals surface area contributed by atoms with E-state index in [1.165, 1.54) is 0 Å². The van der Waals surface area contributed by atoms with E-state index in [-0.39, 0.29) is 0 Å². The zero-order chi connectivity index (χ0) is 18.3. The first-order valence-corrected chi connectivity index (χ1v) is 10.5. The van der Waals surface area contributed by atoms with Crippen LogP contribution in [0.15, 0.2) is 45.9 Å². The standard InChI is InChI=1S/C17H23N3O3S2/c1-20(2)16-10-6-9-15-14(16)8-7-11-17(15)25(22,23)18-12-4-3-5-13-24-19-21/h6-11,18H,3-5,12-13H2,1-2H3. The highest BCUT2D eigenvalue weighted by atomic mass is 32.2. The van der Waals surface area contributed by atoms with Crippen molar-refractivity contribution >= 4 is 38.4 Å². The molecule has 0 saturated heterocycles. The maximum absolute atomic E-state index is 12.7. The highest BCUT2D eigenvalue weighted by molar-refractivity contribution is 7.97. The van der Waals surface area contributed by atoms with E-state index < -0.39 is 10.0 Å². The van der Waals surface area contributed by atoms with Gasteiger partial charge in [-0.15, -0.1) is 4.91 Å². The first-order valence-electron chi connectivity index (χ1n) is 8.11. The van der Waals surface area contributed by atoms with Gasteiger partial charge in [-0.05, 0) is 25.0 Å². The lowest BCUT2D eigenvalue weighted by Gasteiger charge is -2.17. The summed E-state index contributed by atoms with van der Waals surface area (Å²) in [5, 5.41) is 1.63. The number of fused-ring (bicyclic) bond motifs is 1. The lowest BCUT2D eigenvalue weighted by molar-refractivity contribution is 0.577. The number of benzene rings is 2. The van der Waals surface area contributed by atoms with Crippen molar-refractivity contribution in [2.24, 2.45) is 4.58 Å². The second-order valence-electron chi connectivity index (χ2n) is 5.89. The van der Waals surface area contributed by atoms with E-state index in [9.17, 15) is 13.3 Å². The Morgan fingerprint density at radius 3 is 2.48 bits per heavy atom. The first kappa shape index (κ1) is 19.7. The molecular weight excluding hydrogens is 358 g/mol. The van der Waals surface area contributed by atoms with Crippen LogP contribution in [0.4, 0.5) is 5.69 Å². The number of nitrogens with one attached hydrogen (secondary N) is 1. The van der Waals surface area contributed by atoms with Crippen LogP contribution in [0.25, 0.3) is 10.8 Å². The monoisotopic (exact) mass is 381 g/mol. The van der Waals surface area contributed by atoms with E-state index in [2.05, 4.69) is 9.30 Å². The van der Waals surface area contributed by atoms with Gasteiger partial charge in [0.2, 0.25) is 10.0 Å². The maximum atomic E-state index is 12.7. The van der Waals surface area contributed by atoms with E-state index in [1.807, 2.05) is 43.3 Å². The number of sulfonamides is 1. The van der Waals surface area contributed by atoms with Gasteiger partial charge in [0.15, 0.2) is 0 Å². The molecule has 0 unspecified atom stereocenters. The average molecular weight is 382 g/mol. The molecule has 2 aromatic rings. The Bertz CT molecular complexity index is 823. The highest BCUT2D eigenvalue weighted by Crippen LogP contribution is 2.30. The fraction of sp³-hybridized carbons (Fsp3) is 0.412. The molecule has 2 aromatic carbocycles. The fourth-order valence-corrected chi connectivity index (χ4v) is 4.38. The molecule has 0 aromatic heterocycles. The predicted molar refractivity (Wildman–Crippen MR) is 106 cm³/mol. The van der Waals surface area contributed by atoms with Gasteiger partial charge in [0, 0.05) is 59.4 Å². The highest BCUT2D eigenvalue weighted by Gasteiger charge is 2.17. The second kappa shape index (κ2) is 9.17. The van der Waals surface area contributed by atoms with Gasteiger partial charge >= 0.3 is 0 Å². The van der Waals surface area contributed by atoms with Crippen molar-refractivity contribution in [3.8, 4) is 0 Å². The SMILES string of the molecule is CN(C)c1cccc2c(S(=O)(=O)NCCCCCSN=O)cccc12. The predicted octanol–water partition coefficient (Wildman–Crippen LogP) is 3.77. The largest absolute Gasteiger partial charge is 0.377 e. The van der Waals surface area contributed by atoms with Crippen molar-refractivity contribution in [2.45, 2.75) is 24.2 Å². The van der Waals surface area contributed by atoms with Crippen LogP contribution in [-0.4, -0.2) is 34.8 Å². The Morgan fingerprint density at radius 2 is 1.76 bits per heavy atom. The summed E-state index contributed by atoms with van der Waals surface area (Å²) in [4.78, 5) is 12.2. The summed E-state index contributed by atoms with van der Waals surface area (Å²) in [5.74, 6) is 0.673. The molecule has 8 heteroatoms. The number of hydrogen-bond acceptors (Lipinski definition) is 6. The molecule has 0 amide bonds. The molecule has 0 aliphatic rings. The molecule has 6 nitrogen and oxygen atoms in total. The van der Waals surface area contributed by atoms with E-state index >= 15 is 0 Å². The molecule has 0 aliphatic heterocycles. The van der Waals surface area contributed by atoms with Crippen LogP contribution in [0.3, 0.4) is 0 Å². The van der Waals surface area contributed by atoms with Crippen LogP contribution in [0.5, 0.6) is 0 Å². The van der Waals surface area contributed by atoms with Crippen LogP contribution in [0.1, 0.15) is 19.3 Å². The van der Waals surface area contributed by atoms with Crippen LogP contribution in [0, 0.1) is 4.91 Å². The van der Waals surface area contributed by atoms with E-state index in [0.717, 1.165) is 47.7 Å². The van der Waals surface area contributed by atoms with Gasteiger partial charge in [-0.2, -0.15) is 0 Å². The van der Waals surface area contributed by atoms with Crippen molar-refractivity contribution < 1.29 is 8.42 Å². The summed E-state index contributed by atoms with van der Waals surface area (Å²) in [6, 6.07) is 11.0. The third kappa shape index (κ3) is 5.17. The van der Waals surface area contributed by atoms with Crippen molar-refractivity contribution in [1.82, 2.24) is 4.72 Å². The molecule has 136 valence electrons. The molecular formula is C17H23N3O3S2. The minimum atomic E-state index is -3.57. The van der Waals surface area contributed by atoms with E-state index in [4.69, 9.17) is 0 Å². The molecule has 0 atom stereocenters. The van der Waals surface area contributed by atoms with Gasteiger partial charge in [0.1, 0.15) is 0 Å². The van der Waals surface area contributed by atoms with Crippen LogP contribution < -0.4 is 9.62 Å². The van der Waals surface area contributed by atoms with E-state index in [0.29, 0.717) is 17.2 Å². The Balaban J connectivity index is 2.12. The Morgan fingerprint density at radius 1 is 1.04 bits per heavy atom. The van der Waals surface area contributed by atoms with Gasteiger partial charge in [-0.25, -0.2) is 13.1 Å². The first-order chi connectivity index (χ1) is 12.0. The van der Waals surface area contributed by atoms with Crippen molar-refractivity contribution in [2.75, 3.05) is 31.3 Å². The maximum Gasteiger partial charge on any atom is 0.241 e. The van der Waals surface area contributed by atoms with Crippen molar-refractivity contribution in [3.05, 3.63) is 41.3 Å². The topological polar surface area (TPSA) is 78.8 Å². The molecule has 0 radical (unpaired) electrons. The number of nitroso groups, excluding NO2 is 1. The number of hydrogen-bond donors (Lipinski definition) is 1. The Labute approximate surface area is 153 Å². The molecule has 0 aliphatic carbocycles. The summed E-state index contributed by atoms with van der Waals surface area (Å²) in [6.45, 7) is 0.380. The normalized spacial score (nSPS) is 11.6. The lowest BCUT2D eigenvalue weighted by atomic mass is 10.1. The minimum absolute atomic E-state index is 0.300. The molecule has 0 fully saturated rings. The van der Waals surface area contributed by atoms with Gasteiger partial charge < -0.3 is 4.90 Å². The van der Waals surface area contributed by atoms with Gasteiger partial charge in [0.05, 0.1) is 4.90 Å². The molecule has 25 heavy (non-hydrogen) atoms. The van der Waals surface area contributed by atoms with Gasteiger partial charge in [-0.1, -0.05) is 30.7 Å². The lowest BCUT2D eigenvalue weighted by Crippen LogP contribution is -2.25. The third-order valence-electron chi connectivity index (χ3n) is 3.89. The number of unbranched alkanes of at least 4 members (excludes halogenated alkanes) is 2. The molecule has 0 spiro atoms. The minimum Gasteiger partial charge on any atom is -0.377 e. The average Bonchev–Trinajstić information content (AvgIpc) is 2.59. The summed E-state index contributed by atoms with van der Waals surface area (Å²) in [6.07, 6.45) is 2.43. The van der Waals surface area contributed by atoms with Crippen LogP contribution in [-0.2, 0) is 10.0 Å². The smallest absolute Gasteiger partial charge is 0.241 e. The number of nitrogens with zero attached hydrogens (tertiary/aromatic N) is 2. The van der Waals surface area contributed by atoms with Crippen molar-refractivity contribution in [1.29, 1.82) is 0 Å². The number of rotatable bonds is 10.